The standard InChI is InChI=1S/C34H23NS/c1-2-8-23(9-3-1)25-16-18-28(19-17-25)35-31-21-20-29(27-15-14-24-10-4-5-11-26(24)22-27)34-33(31)30-12-6-7-13-32(30)36-34/h1-22,35H. The van der Waals surface area contributed by atoms with E-state index in [1.807, 2.05) is 11.3 Å². The maximum Gasteiger partial charge on any atom is 0.0479 e. The lowest BCUT2D eigenvalue weighted by atomic mass is 9.98. The van der Waals surface area contributed by atoms with E-state index in [1.165, 1.54) is 53.2 Å². The van der Waals surface area contributed by atoms with Crippen molar-refractivity contribution in [2.45, 2.75) is 0 Å². The first-order chi connectivity index (χ1) is 17.8. The second-order valence-electron chi connectivity index (χ2n) is 9.09. The quantitative estimate of drug-likeness (QED) is 0.266. The van der Waals surface area contributed by atoms with Crippen LogP contribution in [0.5, 0.6) is 0 Å². The SMILES string of the molecule is c1ccc(-c2ccc(Nc3ccc(-c4ccc5ccccc5c4)c4sc5ccccc5c34)cc2)cc1. The van der Waals surface area contributed by atoms with Crippen LogP contribution in [0.2, 0.25) is 0 Å². The molecule has 6 aromatic carbocycles. The van der Waals surface area contributed by atoms with Gasteiger partial charge in [-0.05, 0) is 63.4 Å². The first-order valence-corrected chi connectivity index (χ1v) is 13.0. The maximum absolute atomic E-state index is 3.72. The fourth-order valence-corrected chi connectivity index (χ4v) is 6.31. The highest BCUT2D eigenvalue weighted by molar-refractivity contribution is 7.26. The minimum absolute atomic E-state index is 1.09. The predicted molar refractivity (Wildman–Crippen MR) is 157 cm³/mol. The molecule has 0 aliphatic heterocycles. The number of rotatable bonds is 4. The molecule has 0 amide bonds. The number of thiophene rings is 1. The molecule has 7 rings (SSSR count). The molecule has 0 saturated heterocycles. The van der Waals surface area contributed by atoms with Gasteiger partial charge >= 0.3 is 0 Å². The minimum atomic E-state index is 1.09. The third-order valence-corrected chi connectivity index (χ3v) is 8.06. The molecule has 0 unspecified atom stereocenters. The van der Waals surface area contributed by atoms with E-state index >= 15 is 0 Å². The van der Waals surface area contributed by atoms with Crippen LogP contribution < -0.4 is 5.32 Å². The zero-order valence-corrected chi connectivity index (χ0v) is 20.4. The largest absolute Gasteiger partial charge is 0.355 e. The Bertz CT molecular complexity index is 1850. The molecule has 1 N–H and O–H groups in total. The normalized spacial score (nSPS) is 11.3. The van der Waals surface area contributed by atoms with E-state index in [2.05, 4.69) is 139 Å². The first-order valence-electron chi connectivity index (χ1n) is 12.2. The van der Waals surface area contributed by atoms with Crippen LogP contribution in [-0.4, -0.2) is 0 Å². The number of nitrogens with one attached hydrogen (secondary N) is 1. The molecule has 1 nitrogen and oxygen atoms in total. The monoisotopic (exact) mass is 477 g/mol. The number of anilines is 2. The van der Waals surface area contributed by atoms with Crippen molar-refractivity contribution in [2.24, 2.45) is 0 Å². The van der Waals surface area contributed by atoms with E-state index in [0.29, 0.717) is 0 Å². The van der Waals surface area contributed by atoms with Gasteiger partial charge in [-0.25, -0.2) is 0 Å². The molecule has 0 radical (unpaired) electrons. The average molecular weight is 478 g/mol. The van der Waals surface area contributed by atoms with Crippen LogP contribution in [0, 0.1) is 0 Å². The Hall–Kier alpha value is -4.40. The molecular formula is C34H23NS. The molecule has 0 spiro atoms. The smallest absolute Gasteiger partial charge is 0.0479 e. The van der Waals surface area contributed by atoms with Gasteiger partial charge in [0, 0.05) is 31.5 Å². The highest BCUT2D eigenvalue weighted by atomic mass is 32.1. The van der Waals surface area contributed by atoms with E-state index in [-0.39, 0.29) is 0 Å². The van der Waals surface area contributed by atoms with E-state index in [9.17, 15) is 0 Å². The number of benzene rings is 6. The molecule has 0 aliphatic carbocycles. The van der Waals surface area contributed by atoms with E-state index in [0.717, 1.165) is 11.4 Å². The van der Waals surface area contributed by atoms with Gasteiger partial charge in [0.1, 0.15) is 0 Å². The molecule has 170 valence electrons. The van der Waals surface area contributed by atoms with Crippen LogP contribution in [0.15, 0.2) is 133 Å². The maximum atomic E-state index is 3.72. The van der Waals surface area contributed by atoms with E-state index in [1.54, 1.807) is 0 Å². The topological polar surface area (TPSA) is 12.0 Å². The van der Waals surface area contributed by atoms with Gasteiger partial charge in [0.2, 0.25) is 0 Å². The summed E-state index contributed by atoms with van der Waals surface area (Å²) >= 11 is 1.87. The zero-order chi connectivity index (χ0) is 23.9. The van der Waals surface area contributed by atoms with Crippen LogP contribution in [0.3, 0.4) is 0 Å². The average Bonchev–Trinajstić information content (AvgIpc) is 3.34. The summed E-state index contributed by atoms with van der Waals surface area (Å²) < 4.78 is 2.63. The van der Waals surface area contributed by atoms with Crippen LogP contribution in [-0.2, 0) is 0 Å². The summed E-state index contributed by atoms with van der Waals surface area (Å²) in [6.45, 7) is 0. The van der Waals surface area contributed by atoms with Crippen molar-refractivity contribution in [1.82, 2.24) is 0 Å². The Kier molecular flexibility index (Phi) is 5.04. The summed E-state index contributed by atoms with van der Waals surface area (Å²) in [5.74, 6) is 0. The van der Waals surface area contributed by atoms with Gasteiger partial charge in [-0.2, -0.15) is 0 Å². The Morgan fingerprint density at radius 1 is 0.500 bits per heavy atom. The van der Waals surface area contributed by atoms with E-state index in [4.69, 9.17) is 0 Å². The molecule has 0 fully saturated rings. The molecule has 0 saturated carbocycles. The first kappa shape index (κ1) is 20.9. The number of hydrogen-bond acceptors (Lipinski definition) is 2. The van der Waals surface area contributed by atoms with Crippen LogP contribution in [0.25, 0.3) is 53.2 Å². The summed E-state index contributed by atoms with van der Waals surface area (Å²) in [6, 6.07) is 47.8. The highest BCUT2D eigenvalue weighted by Crippen LogP contribution is 2.44. The van der Waals surface area contributed by atoms with Gasteiger partial charge in [0.05, 0.1) is 0 Å². The number of fused-ring (bicyclic) bond motifs is 4. The van der Waals surface area contributed by atoms with Gasteiger partial charge in [-0.3, -0.25) is 0 Å². The van der Waals surface area contributed by atoms with Crippen molar-refractivity contribution in [3.05, 3.63) is 133 Å². The fraction of sp³-hybridized carbons (Fsp3) is 0. The van der Waals surface area contributed by atoms with Gasteiger partial charge in [0.15, 0.2) is 0 Å². The zero-order valence-electron chi connectivity index (χ0n) is 19.6. The molecular weight excluding hydrogens is 454 g/mol. The highest BCUT2D eigenvalue weighted by Gasteiger charge is 2.15. The summed E-state index contributed by atoms with van der Waals surface area (Å²) in [5, 5.41) is 8.84. The van der Waals surface area contributed by atoms with Gasteiger partial charge in [-0.15, -0.1) is 11.3 Å². The van der Waals surface area contributed by atoms with Crippen LogP contribution in [0.4, 0.5) is 11.4 Å². The molecule has 0 atom stereocenters. The Morgan fingerprint density at radius 3 is 2.06 bits per heavy atom. The molecule has 1 heterocycles. The summed E-state index contributed by atoms with van der Waals surface area (Å²) in [5.41, 5.74) is 7.21. The summed E-state index contributed by atoms with van der Waals surface area (Å²) in [6.07, 6.45) is 0. The van der Waals surface area contributed by atoms with Gasteiger partial charge in [0.25, 0.3) is 0 Å². The van der Waals surface area contributed by atoms with Crippen molar-refractivity contribution in [3.63, 3.8) is 0 Å². The number of hydrogen-bond donors (Lipinski definition) is 1. The molecule has 36 heavy (non-hydrogen) atoms. The molecule has 0 bridgehead atoms. The lowest BCUT2D eigenvalue weighted by molar-refractivity contribution is 1.56. The van der Waals surface area contributed by atoms with Crippen molar-refractivity contribution in [3.8, 4) is 22.3 Å². The minimum Gasteiger partial charge on any atom is -0.355 e. The fourth-order valence-electron chi connectivity index (χ4n) is 5.05. The van der Waals surface area contributed by atoms with Crippen molar-refractivity contribution in [1.29, 1.82) is 0 Å². The predicted octanol–water partition coefficient (Wildman–Crippen LogP) is 10.3. The Balaban J connectivity index is 1.35. The lowest BCUT2D eigenvalue weighted by Gasteiger charge is -2.13. The molecule has 0 aliphatic rings. The van der Waals surface area contributed by atoms with Gasteiger partial charge < -0.3 is 5.32 Å². The molecule has 1 aromatic heterocycles. The molecule has 2 heteroatoms. The lowest BCUT2D eigenvalue weighted by Crippen LogP contribution is -1.92. The summed E-state index contributed by atoms with van der Waals surface area (Å²) in [4.78, 5) is 0. The van der Waals surface area contributed by atoms with Crippen molar-refractivity contribution in [2.75, 3.05) is 5.32 Å². The van der Waals surface area contributed by atoms with Gasteiger partial charge in [-0.1, -0.05) is 103 Å². The third kappa shape index (κ3) is 3.64. The second kappa shape index (κ2) is 8.67. The van der Waals surface area contributed by atoms with Crippen molar-refractivity contribution >= 4 is 53.7 Å². The van der Waals surface area contributed by atoms with Crippen LogP contribution in [0.1, 0.15) is 0 Å². The second-order valence-corrected chi connectivity index (χ2v) is 10.1. The summed E-state index contributed by atoms with van der Waals surface area (Å²) in [7, 11) is 0. The van der Waals surface area contributed by atoms with E-state index < -0.39 is 0 Å². The molecule has 7 aromatic rings. The van der Waals surface area contributed by atoms with Crippen LogP contribution >= 0.6 is 11.3 Å². The Labute approximate surface area is 214 Å². The Morgan fingerprint density at radius 2 is 1.19 bits per heavy atom. The van der Waals surface area contributed by atoms with Crippen molar-refractivity contribution < 1.29 is 0 Å². The third-order valence-electron chi connectivity index (χ3n) is 6.86.